The third-order valence-electron chi connectivity index (χ3n) is 2.48. The Balaban J connectivity index is 2.90. The number of nitrogens with two attached hydrogens (primary N) is 1. The lowest BCUT2D eigenvalue weighted by Gasteiger charge is -2.26. The van der Waals surface area contributed by atoms with Gasteiger partial charge in [-0.3, -0.25) is 4.79 Å². The Morgan fingerprint density at radius 1 is 1.44 bits per heavy atom. The first-order valence-corrected chi connectivity index (χ1v) is 5.72. The highest BCUT2D eigenvalue weighted by Crippen LogP contribution is 2.12. The molecule has 0 saturated heterocycles. The zero-order chi connectivity index (χ0) is 12.1. The van der Waals surface area contributed by atoms with E-state index in [1.807, 2.05) is 30.9 Å². The molecule has 0 atom stereocenters. The Bertz CT molecular complexity index is 361. The van der Waals surface area contributed by atoms with E-state index in [0.29, 0.717) is 11.3 Å². The highest BCUT2D eigenvalue weighted by molar-refractivity contribution is 5.95. The maximum Gasteiger partial charge on any atom is 0.254 e. The summed E-state index contributed by atoms with van der Waals surface area (Å²) in [6.45, 7) is 6.91. The van der Waals surface area contributed by atoms with Gasteiger partial charge in [-0.25, -0.2) is 0 Å². The lowest BCUT2D eigenvalue weighted by atomic mass is 10.1. The molecule has 0 fully saturated rings. The van der Waals surface area contributed by atoms with Gasteiger partial charge in [0, 0.05) is 23.8 Å². The van der Waals surface area contributed by atoms with Gasteiger partial charge in [0.1, 0.15) is 0 Å². The molecule has 0 bridgehead atoms. The summed E-state index contributed by atoms with van der Waals surface area (Å²) >= 11 is 0. The fourth-order valence-corrected chi connectivity index (χ4v) is 1.67. The van der Waals surface area contributed by atoms with E-state index in [0.717, 1.165) is 13.0 Å². The van der Waals surface area contributed by atoms with Crippen LogP contribution in [0.4, 0.5) is 5.69 Å². The standard InChI is InChI=1S/C13H20N2O/c1-4-8-15(10(2)3)13(16)11-6-5-7-12(14)9-11/h5-7,9-10H,4,8,14H2,1-3H3. The smallest absolute Gasteiger partial charge is 0.254 e. The Kier molecular flexibility index (Phi) is 4.35. The van der Waals surface area contributed by atoms with Gasteiger partial charge in [-0.15, -0.1) is 0 Å². The number of anilines is 1. The van der Waals surface area contributed by atoms with Crippen molar-refractivity contribution in [2.24, 2.45) is 0 Å². The van der Waals surface area contributed by atoms with E-state index in [2.05, 4.69) is 6.92 Å². The lowest BCUT2D eigenvalue weighted by molar-refractivity contribution is 0.0706. The van der Waals surface area contributed by atoms with Gasteiger partial charge in [0.25, 0.3) is 5.91 Å². The number of carbonyl (C=O) groups is 1. The summed E-state index contributed by atoms with van der Waals surface area (Å²) in [6, 6.07) is 7.36. The maximum absolute atomic E-state index is 12.2. The van der Waals surface area contributed by atoms with Gasteiger partial charge in [0.05, 0.1) is 0 Å². The monoisotopic (exact) mass is 220 g/mol. The van der Waals surface area contributed by atoms with Crippen molar-refractivity contribution in [2.75, 3.05) is 12.3 Å². The highest BCUT2D eigenvalue weighted by atomic mass is 16.2. The molecule has 1 amide bonds. The molecular weight excluding hydrogens is 200 g/mol. The quantitative estimate of drug-likeness (QED) is 0.792. The topological polar surface area (TPSA) is 46.3 Å². The number of rotatable bonds is 4. The third kappa shape index (κ3) is 2.99. The molecule has 1 rings (SSSR count). The zero-order valence-corrected chi connectivity index (χ0v) is 10.2. The van der Waals surface area contributed by atoms with E-state index in [1.54, 1.807) is 12.1 Å². The lowest BCUT2D eigenvalue weighted by Crippen LogP contribution is -2.37. The molecule has 0 aliphatic heterocycles. The molecule has 1 aromatic rings. The van der Waals surface area contributed by atoms with E-state index in [9.17, 15) is 4.79 Å². The van der Waals surface area contributed by atoms with Crippen molar-refractivity contribution in [1.82, 2.24) is 4.90 Å². The number of hydrogen-bond acceptors (Lipinski definition) is 2. The van der Waals surface area contributed by atoms with E-state index in [-0.39, 0.29) is 11.9 Å². The largest absolute Gasteiger partial charge is 0.399 e. The Hall–Kier alpha value is -1.51. The van der Waals surface area contributed by atoms with Crippen LogP contribution in [0.25, 0.3) is 0 Å². The molecule has 0 unspecified atom stereocenters. The Morgan fingerprint density at radius 3 is 2.62 bits per heavy atom. The normalized spacial score (nSPS) is 10.5. The number of nitrogen functional groups attached to an aromatic ring is 1. The molecule has 2 N–H and O–H groups in total. The molecule has 0 spiro atoms. The van der Waals surface area contributed by atoms with Gasteiger partial charge in [-0.05, 0) is 38.5 Å². The molecule has 0 aliphatic carbocycles. The molecule has 0 heterocycles. The number of carbonyl (C=O) groups excluding carboxylic acids is 1. The fraction of sp³-hybridized carbons (Fsp3) is 0.462. The van der Waals surface area contributed by atoms with Crippen molar-refractivity contribution >= 4 is 11.6 Å². The van der Waals surface area contributed by atoms with Crippen LogP contribution in [0.2, 0.25) is 0 Å². The van der Waals surface area contributed by atoms with Crippen LogP contribution in [0, 0.1) is 0 Å². The Labute approximate surface area is 97.2 Å². The van der Waals surface area contributed by atoms with E-state index in [4.69, 9.17) is 5.73 Å². The van der Waals surface area contributed by atoms with Crippen LogP contribution < -0.4 is 5.73 Å². The molecule has 0 aliphatic rings. The van der Waals surface area contributed by atoms with Gasteiger partial charge in [0.15, 0.2) is 0 Å². The minimum Gasteiger partial charge on any atom is -0.399 e. The van der Waals surface area contributed by atoms with Gasteiger partial charge < -0.3 is 10.6 Å². The second-order valence-corrected chi connectivity index (χ2v) is 4.22. The van der Waals surface area contributed by atoms with Gasteiger partial charge in [-0.2, -0.15) is 0 Å². The summed E-state index contributed by atoms with van der Waals surface area (Å²) in [5.74, 6) is 0.0594. The van der Waals surface area contributed by atoms with Crippen molar-refractivity contribution in [3.8, 4) is 0 Å². The van der Waals surface area contributed by atoms with Crippen LogP contribution in [0.5, 0.6) is 0 Å². The van der Waals surface area contributed by atoms with Crippen LogP contribution in [0.1, 0.15) is 37.6 Å². The molecule has 1 aromatic carbocycles. The first kappa shape index (κ1) is 12.6. The van der Waals surface area contributed by atoms with E-state index in [1.165, 1.54) is 0 Å². The summed E-state index contributed by atoms with van der Waals surface area (Å²) in [5.41, 5.74) is 6.98. The van der Waals surface area contributed by atoms with Crippen LogP contribution in [0.15, 0.2) is 24.3 Å². The summed E-state index contributed by atoms with van der Waals surface area (Å²) in [4.78, 5) is 14.1. The minimum atomic E-state index is 0.0594. The summed E-state index contributed by atoms with van der Waals surface area (Å²) in [5, 5.41) is 0. The molecule has 0 saturated carbocycles. The molecule has 3 heteroatoms. The molecule has 3 nitrogen and oxygen atoms in total. The highest BCUT2D eigenvalue weighted by Gasteiger charge is 2.17. The van der Waals surface area contributed by atoms with Crippen molar-refractivity contribution < 1.29 is 4.79 Å². The predicted octanol–water partition coefficient (Wildman–Crippen LogP) is 2.53. The molecule has 0 radical (unpaired) electrons. The zero-order valence-electron chi connectivity index (χ0n) is 10.2. The first-order valence-electron chi connectivity index (χ1n) is 5.72. The average Bonchev–Trinajstić information content (AvgIpc) is 2.24. The number of hydrogen-bond donors (Lipinski definition) is 1. The maximum atomic E-state index is 12.2. The molecule has 88 valence electrons. The molecule has 0 aromatic heterocycles. The molecular formula is C13H20N2O. The van der Waals surface area contributed by atoms with Crippen LogP contribution >= 0.6 is 0 Å². The first-order chi connectivity index (χ1) is 7.56. The molecule has 16 heavy (non-hydrogen) atoms. The van der Waals surface area contributed by atoms with Crippen molar-refractivity contribution in [1.29, 1.82) is 0 Å². The average molecular weight is 220 g/mol. The SMILES string of the molecule is CCCN(C(=O)c1cccc(N)c1)C(C)C. The number of benzene rings is 1. The predicted molar refractivity (Wildman–Crippen MR) is 67.3 cm³/mol. The van der Waals surface area contributed by atoms with Gasteiger partial charge >= 0.3 is 0 Å². The second kappa shape index (κ2) is 5.54. The number of amides is 1. The van der Waals surface area contributed by atoms with Gasteiger partial charge in [-0.1, -0.05) is 13.0 Å². The van der Waals surface area contributed by atoms with Crippen molar-refractivity contribution in [3.63, 3.8) is 0 Å². The van der Waals surface area contributed by atoms with Crippen molar-refractivity contribution in [2.45, 2.75) is 33.2 Å². The third-order valence-corrected chi connectivity index (χ3v) is 2.48. The van der Waals surface area contributed by atoms with Crippen LogP contribution in [0.3, 0.4) is 0 Å². The Morgan fingerprint density at radius 2 is 2.12 bits per heavy atom. The minimum absolute atomic E-state index is 0.0594. The summed E-state index contributed by atoms with van der Waals surface area (Å²) in [7, 11) is 0. The van der Waals surface area contributed by atoms with Crippen LogP contribution in [-0.2, 0) is 0 Å². The summed E-state index contributed by atoms with van der Waals surface area (Å²) < 4.78 is 0. The van der Waals surface area contributed by atoms with Crippen LogP contribution in [-0.4, -0.2) is 23.4 Å². The van der Waals surface area contributed by atoms with Gasteiger partial charge in [0.2, 0.25) is 0 Å². The fourth-order valence-electron chi connectivity index (χ4n) is 1.67. The van der Waals surface area contributed by atoms with Crippen molar-refractivity contribution in [3.05, 3.63) is 29.8 Å². The second-order valence-electron chi connectivity index (χ2n) is 4.22. The van der Waals surface area contributed by atoms with E-state index >= 15 is 0 Å². The van der Waals surface area contributed by atoms with E-state index < -0.39 is 0 Å². The number of nitrogens with zero attached hydrogens (tertiary/aromatic N) is 1. The summed E-state index contributed by atoms with van der Waals surface area (Å²) in [6.07, 6.45) is 0.965.